The van der Waals surface area contributed by atoms with Gasteiger partial charge in [-0.25, -0.2) is 0 Å². The van der Waals surface area contributed by atoms with Crippen LogP contribution in [0.2, 0.25) is 0 Å². The number of nitrogens with zero attached hydrogens (tertiary/aromatic N) is 1. The topological polar surface area (TPSA) is 15.3 Å². The Labute approximate surface area is 124 Å². The van der Waals surface area contributed by atoms with Crippen molar-refractivity contribution < 1.29 is 0 Å². The zero-order valence-electron chi connectivity index (χ0n) is 13.3. The van der Waals surface area contributed by atoms with E-state index in [-0.39, 0.29) is 0 Å². The lowest BCUT2D eigenvalue weighted by molar-refractivity contribution is -0.00754. The molecular weight excluding hydrogens is 244 g/mol. The van der Waals surface area contributed by atoms with Crippen molar-refractivity contribution in [1.82, 2.24) is 10.2 Å². The van der Waals surface area contributed by atoms with Crippen molar-refractivity contribution in [2.75, 3.05) is 19.6 Å². The molecule has 0 bridgehead atoms. The van der Waals surface area contributed by atoms with E-state index in [4.69, 9.17) is 0 Å². The molecule has 1 saturated heterocycles. The zero-order valence-corrected chi connectivity index (χ0v) is 13.3. The molecule has 4 aliphatic rings. The maximum Gasteiger partial charge on any atom is 0.0335 e. The molecule has 20 heavy (non-hydrogen) atoms. The van der Waals surface area contributed by atoms with E-state index in [1.807, 2.05) is 0 Å². The van der Waals surface area contributed by atoms with Crippen LogP contribution < -0.4 is 5.32 Å². The zero-order chi connectivity index (χ0) is 13.6. The summed E-state index contributed by atoms with van der Waals surface area (Å²) in [5.41, 5.74) is 0.962. The van der Waals surface area contributed by atoms with E-state index in [0.717, 1.165) is 11.8 Å². The largest absolute Gasteiger partial charge is 0.308 e. The van der Waals surface area contributed by atoms with Crippen molar-refractivity contribution in [1.29, 1.82) is 0 Å². The van der Waals surface area contributed by atoms with E-state index in [9.17, 15) is 0 Å². The molecule has 1 heterocycles. The number of piperazine rings is 1. The molecule has 0 aromatic heterocycles. The highest BCUT2D eigenvalue weighted by Crippen LogP contribution is 2.47. The molecule has 4 fully saturated rings. The van der Waals surface area contributed by atoms with E-state index in [1.54, 1.807) is 0 Å². The molecule has 1 spiro atoms. The van der Waals surface area contributed by atoms with E-state index in [1.165, 1.54) is 83.8 Å². The van der Waals surface area contributed by atoms with Gasteiger partial charge in [-0.1, -0.05) is 25.7 Å². The Balaban J connectivity index is 1.51. The average molecular weight is 276 g/mol. The van der Waals surface area contributed by atoms with Crippen molar-refractivity contribution in [2.24, 2.45) is 11.8 Å². The smallest absolute Gasteiger partial charge is 0.0335 e. The molecule has 0 amide bonds. The normalized spacial score (nSPS) is 38.9. The summed E-state index contributed by atoms with van der Waals surface area (Å²) in [6, 6.07) is 0. The quantitative estimate of drug-likeness (QED) is 0.848. The van der Waals surface area contributed by atoms with Gasteiger partial charge in [0.25, 0.3) is 0 Å². The van der Waals surface area contributed by atoms with E-state index in [2.05, 4.69) is 17.1 Å². The summed E-state index contributed by atoms with van der Waals surface area (Å²) in [5, 5.41) is 4.02. The van der Waals surface area contributed by atoms with Crippen LogP contribution in [0.3, 0.4) is 0 Å². The number of rotatable bonds is 3. The van der Waals surface area contributed by atoms with Gasteiger partial charge >= 0.3 is 0 Å². The van der Waals surface area contributed by atoms with Crippen LogP contribution in [0.25, 0.3) is 0 Å². The highest BCUT2D eigenvalue weighted by molar-refractivity contribution is 5.10. The standard InChI is InChI=1S/C18H32N2/c1-17(16-8-9-16)13-19-18(10-4-5-11-18)14-20(17)12-15-6-2-3-7-15/h15-16,19H,2-14H2,1H3. The number of nitrogens with one attached hydrogen (secondary N) is 1. The molecular formula is C18H32N2. The predicted molar refractivity (Wildman–Crippen MR) is 83.9 cm³/mol. The molecule has 0 radical (unpaired) electrons. The summed E-state index contributed by atoms with van der Waals surface area (Å²) in [7, 11) is 0. The predicted octanol–water partition coefficient (Wildman–Crippen LogP) is 3.56. The third kappa shape index (κ3) is 2.33. The van der Waals surface area contributed by atoms with Crippen LogP contribution in [0.15, 0.2) is 0 Å². The third-order valence-corrected chi connectivity index (χ3v) is 7.01. The number of hydrogen-bond donors (Lipinski definition) is 1. The Morgan fingerprint density at radius 1 is 1.00 bits per heavy atom. The summed E-state index contributed by atoms with van der Waals surface area (Å²) < 4.78 is 0. The second-order valence-electron chi connectivity index (χ2n) is 8.50. The Morgan fingerprint density at radius 2 is 1.70 bits per heavy atom. The number of hydrogen-bond acceptors (Lipinski definition) is 2. The van der Waals surface area contributed by atoms with Gasteiger partial charge in [0.1, 0.15) is 0 Å². The lowest BCUT2D eigenvalue weighted by Crippen LogP contribution is -2.69. The van der Waals surface area contributed by atoms with Crippen molar-refractivity contribution in [3.63, 3.8) is 0 Å². The Kier molecular flexibility index (Phi) is 3.38. The fourth-order valence-electron chi connectivity index (χ4n) is 5.35. The van der Waals surface area contributed by atoms with Crippen molar-refractivity contribution >= 4 is 0 Å². The van der Waals surface area contributed by atoms with Gasteiger partial charge < -0.3 is 5.32 Å². The molecule has 1 unspecified atom stereocenters. The second kappa shape index (κ2) is 4.98. The van der Waals surface area contributed by atoms with Crippen molar-refractivity contribution in [3.8, 4) is 0 Å². The molecule has 0 aromatic carbocycles. The summed E-state index contributed by atoms with van der Waals surface area (Å²) in [6.07, 6.45) is 14.7. The molecule has 2 nitrogen and oxygen atoms in total. The summed E-state index contributed by atoms with van der Waals surface area (Å²) in [4.78, 5) is 2.96. The van der Waals surface area contributed by atoms with Gasteiger partial charge in [0.15, 0.2) is 0 Å². The van der Waals surface area contributed by atoms with Crippen LogP contribution in [0, 0.1) is 11.8 Å². The fraction of sp³-hybridized carbons (Fsp3) is 1.00. The molecule has 2 heteroatoms. The monoisotopic (exact) mass is 276 g/mol. The van der Waals surface area contributed by atoms with Crippen LogP contribution in [0.4, 0.5) is 0 Å². The van der Waals surface area contributed by atoms with Gasteiger partial charge in [0.05, 0.1) is 0 Å². The van der Waals surface area contributed by atoms with Gasteiger partial charge in [-0.05, 0) is 57.3 Å². The van der Waals surface area contributed by atoms with E-state index in [0.29, 0.717) is 11.1 Å². The molecule has 1 aliphatic heterocycles. The van der Waals surface area contributed by atoms with Crippen LogP contribution >= 0.6 is 0 Å². The van der Waals surface area contributed by atoms with Crippen LogP contribution in [-0.4, -0.2) is 35.6 Å². The first-order valence-corrected chi connectivity index (χ1v) is 9.20. The van der Waals surface area contributed by atoms with Gasteiger partial charge in [-0.2, -0.15) is 0 Å². The van der Waals surface area contributed by atoms with Crippen LogP contribution in [0.5, 0.6) is 0 Å². The van der Waals surface area contributed by atoms with E-state index < -0.39 is 0 Å². The second-order valence-corrected chi connectivity index (χ2v) is 8.50. The van der Waals surface area contributed by atoms with Crippen LogP contribution in [0.1, 0.15) is 71.1 Å². The van der Waals surface area contributed by atoms with Crippen molar-refractivity contribution in [3.05, 3.63) is 0 Å². The minimum absolute atomic E-state index is 0.469. The van der Waals surface area contributed by atoms with Gasteiger partial charge in [0.2, 0.25) is 0 Å². The van der Waals surface area contributed by atoms with Gasteiger partial charge in [0, 0.05) is 30.7 Å². The molecule has 4 rings (SSSR count). The summed E-state index contributed by atoms with van der Waals surface area (Å²) in [6.45, 7) is 6.56. The highest BCUT2D eigenvalue weighted by Gasteiger charge is 2.52. The molecule has 0 aromatic rings. The molecule has 1 atom stereocenters. The fourth-order valence-corrected chi connectivity index (χ4v) is 5.35. The SMILES string of the molecule is CC1(C2CC2)CNC2(CCCC2)CN1CC1CCCC1. The lowest BCUT2D eigenvalue weighted by Gasteiger charge is -2.53. The maximum atomic E-state index is 4.02. The minimum atomic E-state index is 0.469. The maximum absolute atomic E-state index is 4.02. The molecule has 114 valence electrons. The lowest BCUT2D eigenvalue weighted by atomic mass is 9.82. The van der Waals surface area contributed by atoms with E-state index >= 15 is 0 Å². The highest BCUT2D eigenvalue weighted by atomic mass is 15.3. The molecule has 3 aliphatic carbocycles. The van der Waals surface area contributed by atoms with Crippen molar-refractivity contribution in [2.45, 2.75) is 82.2 Å². The average Bonchev–Trinajstić information content (AvgIpc) is 3.01. The first kappa shape index (κ1) is 13.6. The Hall–Kier alpha value is -0.0800. The third-order valence-electron chi connectivity index (χ3n) is 7.01. The minimum Gasteiger partial charge on any atom is -0.308 e. The summed E-state index contributed by atoms with van der Waals surface area (Å²) in [5.74, 6) is 1.99. The first-order valence-electron chi connectivity index (χ1n) is 9.20. The van der Waals surface area contributed by atoms with Crippen LogP contribution in [-0.2, 0) is 0 Å². The molecule has 1 N–H and O–H groups in total. The summed E-state index contributed by atoms with van der Waals surface area (Å²) >= 11 is 0. The molecule has 3 saturated carbocycles. The Morgan fingerprint density at radius 3 is 2.35 bits per heavy atom. The van der Waals surface area contributed by atoms with Gasteiger partial charge in [-0.15, -0.1) is 0 Å². The Bertz CT molecular complexity index is 350. The first-order chi connectivity index (χ1) is 9.70. The van der Waals surface area contributed by atoms with Gasteiger partial charge in [-0.3, -0.25) is 4.90 Å².